The van der Waals surface area contributed by atoms with Crippen molar-refractivity contribution in [2.45, 2.75) is 0 Å². The monoisotopic (exact) mass is 344 g/mol. The van der Waals surface area contributed by atoms with Gasteiger partial charge in [-0.25, -0.2) is 0 Å². The van der Waals surface area contributed by atoms with Crippen LogP contribution in [0.5, 0.6) is 11.5 Å². The van der Waals surface area contributed by atoms with Gasteiger partial charge < -0.3 is 4.74 Å². The standard InChI is InChI=1S/C26H16O/c1-2-9-21-17(5-1)6-4-10-23(21)27-24-16-14-20-12-11-18-7-3-8-19-13-15-22(24)26(20)25(18)19/h1-16H. The molecule has 27 heavy (non-hydrogen) atoms. The Hall–Kier alpha value is -3.58. The van der Waals surface area contributed by atoms with Gasteiger partial charge in [0.1, 0.15) is 11.5 Å². The highest BCUT2D eigenvalue weighted by Gasteiger charge is 2.12. The zero-order valence-electron chi connectivity index (χ0n) is 14.6. The summed E-state index contributed by atoms with van der Waals surface area (Å²) in [5, 5.41) is 9.86. The van der Waals surface area contributed by atoms with E-state index in [9.17, 15) is 0 Å². The lowest BCUT2D eigenvalue weighted by Crippen LogP contribution is -1.90. The summed E-state index contributed by atoms with van der Waals surface area (Å²) in [6.45, 7) is 0. The summed E-state index contributed by atoms with van der Waals surface area (Å²) in [4.78, 5) is 0. The Morgan fingerprint density at radius 2 is 0.963 bits per heavy atom. The fourth-order valence-corrected chi connectivity index (χ4v) is 4.20. The second kappa shape index (κ2) is 5.46. The first-order valence-electron chi connectivity index (χ1n) is 9.21. The number of benzene rings is 6. The molecule has 0 saturated carbocycles. The number of fused-ring (bicyclic) bond motifs is 1. The van der Waals surface area contributed by atoms with E-state index in [0.717, 1.165) is 22.3 Å². The predicted molar refractivity (Wildman–Crippen MR) is 114 cm³/mol. The van der Waals surface area contributed by atoms with Crippen LogP contribution in [0.15, 0.2) is 97.1 Å². The van der Waals surface area contributed by atoms with Crippen LogP contribution in [0, 0.1) is 0 Å². The third-order valence-electron chi connectivity index (χ3n) is 5.46. The first-order valence-corrected chi connectivity index (χ1v) is 9.21. The Morgan fingerprint density at radius 1 is 0.370 bits per heavy atom. The number of hydrogen-bond donors (Lipinski definition) is 0. The minimum absolute atomic E-state index is 0.892. The van der Waals surface area contributed by atoms with Crippen LogP contribution in [0.25, 0.3) is 43.1 Å². The largest absolute Gasteiger partial charge is 0.456 e. The Morgan fingerprint density at radius 3 is 1.85 bits per heavy atom. The van der Waals surface area contributed by atoms with Crippen molar-refractivity contribution in [2.75, 3.05) is 0 Å². The van der Waals surface area contributed by atoms with Gasteiger partial charge in [-0.1, -0.05) is 78.9 Å². The Kier molecular flexibility index (Phi) is 2.95. The zero-order chi connectivity index (χ0) is 17.8. The van der Waals surface area contributed by atoms with Crippen LogP contribution in [0.2, 0.25) is 0 Å². The van der Waals surface area contributed by atoms with Crippen molar-refractivity contribution in [1.29, 1.82) is 0 Å². The topological polar surface area (TPSA) is 9.23 Å². The average molecular weight is 344 g/mol. The molecule has 0 aromatic heterocycles. The van der Waals surface area contributed by atoms with E-state index >= 15 is 0 Å². The Labute approximate surface area is 156 Å². The molecule has 6 rings (SSSR count). The van der Waals surface area contributed by atoms with E-state index < -0.39 is 0 Å². The van der Waals surface area contributed by atoms with Crippen molar-refractivity contribution in [1.82, 2.24) is 0 Å². The van der Waals surface area contributed by atoms with Gasteiger partial charge in [0.25, 0.3) is 0 Å². The van der Waals surface area contributed by atoms with Gasteiger partial charge in [0.15, 0.2) is 0 Å². The fourth-order valence-electron chi connectivity index (χ4n) is 4.20. The van der Waals surface area contributed by atoms with Gasteiger partial charge in [-0.15, -0.1) is 0 Å². The van der Waals surface area contributed by atoms with Crippen molar-refractivity contribution in [2.24, 2.45) is 0 Å². The van der Waals surface area contributed by atoms with Crippen molar-refractivity contribution in [3.05, 3.63) is 97.1 Å². The van der Waals surface area contributed by atoms with Gasteiger partial charge in [-0.3, -0.25) is 0 Å². The van der Waals surface area contributed by atoms with Crippen LogP contribution in [0.4, 0.5) is 0 Å². The van der Waals surface area contributed by atoms with Gasteiger partial charge in [0.2, 0.25) is 0 Å². The van der Waals surface area contributed by atoms with Crippen molar-refractivity contribution in [3.63, 3.8) is 0 Å². The highest BCUT2D eigenvalue weighted by molar-refractivity contribution is 6.24. The minimum atomic E-state index is 0.892. The summed E-state index contributed by atoms with van der Waals surface area (Å²) < 4.78 is 6.45. The molecule has 0 aliphatic heterocycles. The summed E-state index contributed by atoms with van der Waals surface area (Å²) in [7, 11) is 0. The molecule has 0 heterocycles. The second-order valence-corrected chi connectivity index (χ2v) is 7.00. The van der Waals surface area contributed by atoms with E-state index in [-0.39, 0.29) is 0 Å². The Balaban J connectivity index is 1.64. The van der Waals surface area contributed by atoms with Gasteiger partial charge in [0.05, 0.1) is 0 Å². The van der Waals surface area contributed by atoms with Crippen molar-refractivity contribution >= 4 is 43.1 Å². The molecule has 0 aliphatic rings. The molecule has 1 nitrogen and oxygen atoms in total. The highest BCUT2D eigenvalue weighted by Crippen LogP contribution is 2.40. The third-order valence-corrected chi connectivity index (χ3v) is 5.46. The molecular formula is C26H16O. The summed E-state index contributed by atoms with van der Waals surface area (Å²) in [6, 6.07) is 34.1. The van der Waals surface area contributed by atoms with E-state index in [0.29, 0.717) is 0 Å². The lowest BCUT2D eigenvalue weighted by molar-refractivity contribution is 0.494. The quantitative estimate of drug-likeness (QED) is 0.295. The molecule has 6 aromatic rings. The molecule has 0 bridgehead atoms. The first kappa shape index (κ1) is 14.6. The summed E-state index contributed by atoms with van der Waals surface area (Å²) in [5.74, 6) is 1.79. The molecule has 0 N–H and O–H groups in total. The lowest BCUT2D eigenvalue weighted by atomic mass is 9.94. The van der Waals surface area contributed by atoms with E-state index in [2.05, 4.69) is 84.9 Å². The summed E-state index contributed by atoms with van der Waals surface area (Å²) >= 11 is 0. The SMILES string of the molecule is c1ccc2c(Oc3ccc4ccc5cccc6ccc3c4c56)cccc2c1. The molecule has 6 aromatic carbocycles. The smallest absolute Gasteiger partial charge is 0.135 e. The van der Waals surface area contributed by atoms with Crippen LogP contribution in [0.1, 0.15) is 0 Å². The molecule has 126 valence electrons. The molecule has 1 heteroatoms. The third kappa shape index (κ3) is 2.12. The molecule has 0 spiro atoms. The van der Waals surface area contributed by atoms with Crippen LogP contribution in [-0.2, 0) is 0 Å². The molecule has 0 aliphatic carbocycles. The molecule has 0 fully saturated rings. The number of hydrogen-bond acceptors (Lipinski definition) is 1. The number of rotatable bonds is 2. The van der Waals surface area contributed by atoms with E-state index in [4.69, 9.17) is 4.74 Å². The summed E-state index contributed by atoms with van der Waals surface area (Å²) in [5.41, 5.74) is 0. The van der Waals surface area contributed by atoms with Crippen molar-refractivity contribution < 1.29 is 4.74 Å². The highest BCUT2D eigenvalue weighted by atomic mass is 16.5. The zero-order valence-corrected chi connectivity index (χ0v) is 14.6. The van der Waals surface area contributed by atoms with E-state index in [1.54, 1.807) is 0 Å². The maximum absolute atomic E-state index is 6.45. The molecule has 0 atom stereocenters. The predicted octanol–water partition coefficient (Wildman–Crippen LogP) is 7.53. The Bertz CT molecular complexity index is 1420. The first-order chi connectivity index (χ1) is 13.4. The van der Waals surface area contributed by atoms with Gasteiger partial charge >= 0.3 is 0 Å². The lowest BCUT2D eigenvalue weighted by Gasteiger charge is -2.15. The molecule has 0 saturated heterocycles. The van der Waals surface area contributed by atoms with Crippen LogP contribution >= 0.6 is 0 Å². The molecule has 0 radical (unpaired) electrons. The molecular weight excluding hydrogens is 328 g/mol. The van der Waals surface area contributed by atoms with E-state index in [1.807, 2.05) is 12.1 Å². The second-order valence-electron chi connectivity index (χ2n) is 7.00. The molecule has 0 amide bonds. The van der Waals surface area contributed by atoms with Gasteiger partial charge in [-0.05, 0) is 45.1 Å². The normalized spacial score (nSPS) is 11.7. The minimum Gasteiger partial charge on any atom is -0.456 e. The van der Waals surface area contributed by atoms with Crippen molar-refractivity contribution in [3.8, 4) is 11.5 Å². The van der Waals surface area contributed by atoms with Crippen LogP contribution in [0.3, 0.4) is 0 Å². The summed E-state index contributed by atoms with van der Waals surface area (Å²) in [6.07, 6.45) is 0. The average Bonchev–Trinajstić information content (AvgIpc) is 2.73. The van der Waals surface area contributed by atoms with E-state index in [1.165, 1.54) is 32.3 Å². The number of ether oxygens (including phenoxy) is 1. The fraction of sp³-hybridized carbons (Fsp3) is 0. The van der Waals surface area contributed by atoms with Gasteiger partial charge in [-0.2, -0.15) is 0 Å². The maximum Gasteiger partial charge on any atom is 0.135 e. The van der Waals surface area contributed by atoms with Crippen LogP contribution in [-0.4, -0.2) is 0 Å². The maximum atomic E-state index is 6.45. The van der Waals surface area contributed by atoms with Gasteiger partial charge in [0, 0.05) is 16.2 Å². The van der Waals surface area contributed by atoms with Crippen LogP contribution < -0.4 is 4.74 Å². The molecule has 0 unspecified atom stereocenters.